The average molecular weight is 461 g/mol. The Kier molecular flexibility index (Phi) is 7.32. The lowest BCUT2D eigenvalue weighted by molar-refractivity contribution is -0.153. The predicted molar refractivity (Wildman–Crippen MR) is 105 cm³/mol. The fourth-order valence-electron chi connectivity index (χ4n) is 1.98. The third kappa shape index (κ3) is 5.90. The number of esters is 1. The van der Waals surface area contributed by atoms with Gasteiger partial charge in [-0.25, -0.2) is 4.79 Å². The molecule has 0 heterocycles. The molecule has 0 spiro atoms. The maximum atomic E-state index is 12.0. The Morgan fingerprint density at radius 2 is 1.92 bits per heavy atom. The summed E-state index contributed by atoms with van der Waals surface area (Å²) in [5.74, 6) is -0.828. The van der Waals surface area contributed by atoms with Crippen LogP contribution < -0.4 is 10.1 Å². The molecule has 0 bridgehead atoms. The number of hydrogen-bond acceptors (Lipinski definition) is 4. The number of aryl methyl sites for hydroxylation is 1. The van der Waals surface area contributed by atoms with Crippen molar-refractivity contribution in [3.63, 3.8) is 0 Å². The van der Waals surface area contributed by atoms with E-state index in [9.17, 15) is 9.59 Å². The van der Waals surface area contributed by atoms with Gasteiger partial charge < -0.3 is 14.8 Å². The van der Waals surface area contributed by atoms with Gasteiger partial charge in [0.1, 0.15) is 5.75 Å². The number of anilines is 1. The van der Waals surface area contributed by atoms with Gasteiger partial charge in [0.15, 0.2) is 12.7 Å². The minimum atomic E-state index is -0.934. The molecule has 8 heteroatoms. The zero-order valence-corrected chi connectivity index (χ0v) is 17.1. The van der Waals surface area contributed by atoms with Crippen LogP contribution in [0.5, 0.6) is 5.75 Å². The summed E-state index contributed by atoms with van der Waals surface area (Å²) in [6.45, 7) is 2.99. The quantitative estimate of drug-likeness (QED) is 0.615. The molecule has 0 aliphatic carbocycles. The summed E-state index contributed by atoms with van der Waals surface area (Å²) in [4.78, 5) is 23.9. The van der Waals surface area contributed by atoms with Crippen LogP contribution in [0.25, 0.3) is 0 Å². The van der Waals surface area contributed by atoms with Crippen molar-refractivity contribution in [3.05, 3.63) is 56.5 Å². The topological polar surface area (TPSA) is 64.6 Å². The molecular formula is C18H16BrCl2NO4. The van der Waals surface area contributed by atoms with Gasteiger partial charge in [-0.05, 0) is 55.8 Å². The number of carbonyl (C=O) groups excluding carboxylic acids is 2. The highest BCUT2D eigenvalue weighted by Crippen LogP contribution is 2.28. The summed E-state index contributed by atoms with van der Waals surface area (Å²) in [6.07, 6.45) is -0.934. The van der Waals surface area contributed by atoms with Crippen LogP contribution in [0.15, 0.2) is 40.9 Å². The van der Waals surface area contributed by atoms with Crippen molar-refractivity contribution >= 4 is 56.7 Å². The predicted octanol–water partition coefficient (Wildman–Crippen LogP) is 5.01. The number of benzene rings is 2. The summed E-state index contributed by atoms with van der Waals surface area (Å²) in [5.41, 5.74) is 1.59. The SMILES string of the molecule is Cc1cc(NC(=O)COC(=O)[C@@H](C)Oc2ccc(Cl)cc2Cl)ccc1Br. The summed E-state index contributed by atoms with van der Waals surface area (Å²) in [5, 5.41) is 3.39. The molecule has 0 unspecified atom stereocenters. The number of nitrogens with one attached hydrogen (secondary N) is 1. The van der Waals surface area contributed by atoms with Crippen LogP contribution in [-0.4, -0.2) is 24.6 Å². The van der Waals surface area contributed by atoms with Crippen LogP contribution in [-0.2, 0) is 14.3 Å². The minimum Gasteiger partial charge on any atom is -0.477 e. The van der Waals surface area contributed by atoms with Crippen LogP contribution in [0, 0.1) is 6.92 Å². The van der Waals surface area contributed by atoms with Crippen LogP contribution >= 0.6 is 39.1 Å². The highest BCUT2D eigenvalue weighted by molar-refractivity contribution is 9.10. The van der Waals surface area contributed by atoms with Crippen molar-refractivity contribution < 1.29 is 19.1 Å². The number of carbonyl (C=O) groups is 2. The molecule has 5 nitrogen and oxygen atoms in total. The monoisotopic (exact) mass is 459 g/mol. The van der Waals surface area contributed by atoms with E-state index in [1.54, 1.807) is 24.3 Å². The molecule has 0 saturated heterocycles. The zero-order chi connectivity index (χ0) is 19.3. The van der Waals surface area contributed by atoms with Gasteiger partial charge >= 0.3 is 5.97 Å². The van der Waals surface area contributed by atoms with Crippen LogP contribution in [0.1, 0.15) is 12.5 Å². The normalized spacial score (nSPS) is 11.6. The number of rotatable bonds is 6. The molecule has 0 aliphatic heterocycles. The van der Waals surface area contributed by atoms with E-state index in [2.05, 4.69) is 21.2 Å². The van der Waals surface area contributed by atoms with Crippen molar-refractivity contribution in [1.29, 1.82) is 0 Å². The molecule has 1 N–H and O–H groups in total. The van der Waals surface area contributed by atoms with Gasteiger partial charge in [0.2, 0.25) is 0 Å². The second-order valence-electron chi connectivity index (χ2n) is 5.45. The molecule has 2 aromatic rings. The fourth-order valence-corrected chi connectivity index (χ4v) is 2.68. The molecule has 1 atom stereocenters. The average Bonchev–Trinajstić information content (AvgIpc) is 2.58. The first-order chi connectivity index (χ1) is 12.3. The molecule has 0 aliphatic rings. The van der Waals surface area contributed by atoms with Crippen molar-refractivity contribution in [2.45, 2.75) is 20.0 Å². The van der Waals surface area contributed by atoms with E-state index in [1.807, 2.05) is 13.0 Å². The third-order valence-corrected chi connectivity index (χ3v) is 4.74. The molecule has 138 valence electrons. The molecule has 0 aromatic heterocycles. The largest absolute Gasteiger partial charge is 0.477 e. The molecule has 0 saturated carbocycles. The van der Waals surface area contributed by atoms with E-state index < -0.39 is 24.6 Å². The Morgan fingerprint density at radius 3 is 2.58 bits per heavy atom. The lowest BCUT2D eigenvalue weighted by Crippen LogP contribution is -2.29. The lowest BCUT2D eigenvalue weighted by atomic mass is 10.2. The van der Waals surface area contributed by atoms with E-state index in [1.165, 1.54) is 13.0 Å². The second kappa shape index (κ2) is 9.26. The van der Waals surface area contributed by atoms with Crippen LogP contribution in [0.3, 0.4) is 0 Å². The summed E-state index contributed by atoms with van der Waals surface area (Å²) >= 11 is 15.2. The molecular weight excluding hydrogens is 445 g/mol. The number of hydrogen-bond donors (Lipinski definition) is 1. The Balaban J connectivity index is 1.84. The molecule has 0 radical (unpaired) electrons. The van der Waals surface area contributed by atoms with Gasteiger partial charge in [-0.2, -0.15) is 0 Å². The first-order valence-electron chi connectivity index (χ1n) is 7.60. The minimum absolute atomic E-state index is 0.278. The van der Waals surface area contributed by atoms with E-state index in [0.717, 1.165) is 10.0 Å². The van der Waals surface area contributed by atoms with Gasteiger partial charge in [-0.3, -0.25) is 4.79 Å². The Morgan fingerprint density at radius 1 is 1.19 bits per heavy atom. The van der Waals surface area contributed by atoms with Crippen molar-refractivity contribution in [2.24, 2.45) is 0 Å². The third-order valence-electron chi connectivity index (χ3n) is 3.32. The van der Waals surface area contributed by atoms with E-state index in [0.29, 0.717) is 16.5 Å². The van der Waals surface area contributed by atoms with Crippen molar-refractivity contribution in [1.82, 2.24) is 0 Å². The van der Waals surface area contributed by atoms with Crippen molar-refractivity contribution in [2.75, 3.05) is 11.9 Å². The zero-order valence-electron chi connectivity index (χ0n) is 14.0. The van der Waals surface area contributed by atoms with Crippen LogP contribution in [0.4, 0.5) is 5.69 Å². The van der Waals surface area contributed by atoms with E-state index in [4.69, 9.17) is 32.7 Å². The van der Waals surface area contributed by atoms with Gasteiger partial charge in [0, 0.05) is 15.2 Å². The van der Waals surface area contributed by atoms with E-state index in [-0.39, 0.29) is 5.02 Å². The lowest BCUT2D eigenvalue weighted by Gasteiger charge is -2.15. The summed E-state index contributed by atoms with van der Waals surface area (Å²) in [7, 11) is 0. The number of ether oxygens (including phenoxy) is 2. The smallest absolute Gasteiger partial charge is 0.347 e. The fraction of sp³-hybridized carbons (Fsp3) is 0.222. The Hall–Kier alpha value is -1.76. The molecule has 2 aromatic carbocycles. The first kappa shape index (κ1) is 20.6. The van der Waals surface area contributed by atoms with Gasteiger partial charge in [0.25, 0.3) is 5.91 Å². The maximum Gasteiger partial charge on any atom is 0.347 e. The van der Waals surface area contributed by atoms with Gasteiger partial charge in [-0.1, -0.05) is 39.1 Å². The molecule has 1 amide bonds. The maximum absolute atomic E-state index is 12.0. The highest BCUT2D eigenvalue weighted by atomic mass is 79.9. The standard InChI is InChI=1S/C18H16BrCl2NO4/c1-10-7-13(4-5-14(10)19)22-17(23)9-25-18(24)11(2)26-16-6-3-12(20)8-15(16)21/h3-8,11H,9H2,1-2H3,(H,22,23)/t11-/m1/s1. The Labute approximate surface area is 169 Å². The first-order valence-corrected chi connectivity index (χ1v) is 9.15. The molecule has 26 heavy (non-hydrogen) atoms. The summed E-state index contributed by atoms with van der Waals surface area (Å²) in [6, 6.07) is 10.0. The number of halogens is 3. The van der Waals surface area contributed by atoms with Crippen LogP contribution in [0.2, 0.25) is 10.0 Å². The second-order valence-corrected chi connectivity index (χ2v) is 7.15. The van der Waals surface area contributed by atoms with E-state index >= 15 is 0 Å². The summed E-state index contributed by atoms with van der Waals surface area (Å²) < 4.78 is 11.4. The van der Waals surface area contributed by atoms with Crippen molar-refractivity contribution in [3.8, 4) is 5.75 Å². The number of amides is 1. The molecule has 0 fully saturated rings. The highest BCUT2D eigenvalue weighted by Gasteiger charge is 2.19. The van der Waals surface area contributed by atoms with Gasteiger partial charge in [-0.15, -0.1) is 0 Å². The van der Waals surface area contributed by atoms with Gasteiger partial charge in [0.05, 0.1) is 5.02 Å². The molecule has 2 rings (SSSR count). The Bertz CT molecular complexity index is 829.